The summed E-state index contributed by atoms with van der Waals surface area (Å²) in [6.07, 6.45) is 3.32. The minimum absolute atomic E-state index is 0.151. The molecule has 22 heavy (non-hydrogen) atoms. The van der Waals surface area contributed by atoms with Crippen LogP contribution in [0, 0.1) is 6.92 Å². The van der Waals surface area contributed by atoms with E-state index in [1.54, 1.807) is 24.5 Å². The average Bonchev–Trinajstić information content (AvgIpc) is 2.55. The lowest BCUT2D eigenvalue weighted by atomic mass is 10.1. The van der Waals surface area contributed by atoms with Crippen LogP contribution in [0.2, 0.25) is 0 Å². The second-order valence-corrected chi connectivity index (χ2v) is 5.16. The van der Waals surface area contributed by atoms with E-state index in [1.807, 2.05) is 38.1 Å². The summed E-state index contributed by atoms with van der Waals surface area (Å²) in [5, 5.41) is 3.85. The number of pyridine rings is 1. The van der Waals surface area contributed by atoms with E-state index in [2.05, 4.69) is 20.3 Å². The molecule has 0 bridgehead atoms. The number of aromatic nitrogens is 3. The second-order valence-electron chi connectivity index (χ2n) is 5.16. The van der Waals surface area contributed by atoms with Crippen molar-refractivity contribution in [1.82, 2.24) is 20.3 Å². The Kier molecular flexibility index (Phi) is 3.78. The topological polar surface area (TPSA) is 67.8 Å². The minimum atomic E-state index is -0.250. The van der Waals surface area contributed by atoms with Crippen molar-refractivity contribution in [1.29, 1.82) is 0 Å². The van der Waals surface area contributed by atoms with Gasteiger partial charge in [0.1, 0.15) is 5.82 Å². The Morgan fingerprint density at radius 3 is 2.68 bits per heavy atom. The van der Waals surface area contributed by atoms with Crippen LogP contribution in [0.25, 0.3) is 10.9 Å². The zero-order valence-corrected chi connectivity index (χ0v) is 12.4. The first-order valence-corrected chi connectivity index (χ1v) is 7.09. The highest BCUT2D eigenvalue weighted by molar-refractivity contribution is 5.98. The van der Waals surface area contributed by atoms with Crippen molar-refractivity contribution in [2.75, 3.05) is 0 Å². The van der Waals surface area contributed by atoms with Gasteiger partial charge < -0.3 is 5.32 Å². The van der Waals surface area contributed by atoms with Crippen LogP contribution < -0.4 is 5.32 Å². The van der Waals surface area contributed by atoms with Gasteiger partial charge in [0.2, 0.25) is 0 Å². The highest BCUT2D eigenvalue weighted by Gasteiger charge is 2.13. The van der Waals surface area contributed by atoms with Crippen molar-refractivity contribution in [3.63, 3.8) is 0 Å². The maximum absolute atomic E-state index is 12.4. The maximum Gasteiger partial charge on any atom is 0.251 e. The van der Waals surface area contributed by atoms with Crippen molar-refractivity contribution in [2.24, 2.45) is 0 Å². The van der Waals surface area contributed by atoms with Crippen molar-refractivity contribution in [2.45, 2.75) is 19.9 Å². The molecular formula is C17H16N4O. The van der Waals surface area contributed by atoms with Gasteiger partial charge in [-0.1, -0.05) is 6.07 Å². The van der Waals surface area contributed by atoms with Crippen molar-refractivity contribution >= 4 is 16.8 Å². The SMILES string of the molecule is Cc1ccc2cc(C(=O)N[C@H](C)c3ncccn3)ccc2n1. The molecule has 1 N–H and O–H groups in total. The van der Waals surface area contributed by atoms with Gasteiger partial charge in [-0.15, -0.1) is 0 Å². The molecule has 0 unspecified atom stereocenters. The van der Waals surface area contributed by atoms with Crippen molar-refractivity contribution in [3.05, 3.63) is 65.9 Å². The van der Waals surface area contributed by atoms with E-state index in [1.165, 1.54) is 0 Å². The summed E-state index contributed by atoms with van der Waals surface area (Å²) in [5.74, 6) is 0.441. The molecule has 110 valence electrons. The van der Waals surface area contributed by atoms with Crippen LogP contribution in [-0.2, 0) is 0 Å². The molecular weight excluding hydrogens is 276 g/mol. The Bertz CT molecular complexity index is 817. The number of carbonyl (C=O) groups excluding carboxylic acids is 1. The van der Waals surface area contributed by atoms with Gasteiger partial charge in [-0.25, -0.2) is 9.97 Å². The number of hydrogen-bond donors (Lipinski definition) is 1. The lowest BCUT2D eigenvalue weighted by Crippen LogP contribution is -2.27. The number of hydrogen-bond acceptors (Lipinski definition) is 4. The molecule has 0 saturated heterocycles. The molecule has 0 aliphatic carbocycles. The number of nitrogens with zero attached hydrogens (tertiary/aromatic N) is 3. The number of aryl methyl sites for hydroxylation is 1. The summed E-state index contributed by atoms with van der Waals surface area (Å²) in [4.78, 5) is 25.1. The Balaban J connectivity index is 1.81. The predicted molar refractivity (Wildman–Crippen MR) is 84.4 cm³/mol. The minimum Gasteiger partial charge on any atom is -0.342 e. The van der Waals surface area contributed by atoms with Crippen molar-refractivity contribution in [3.8, 4) is 0 Å². The Labute approximate surface area is 128 Å². The first-order valence-electron chi connectivity index (χ1n) is 7.09. The number of amides is 1. The van der Waals surface area contributed by atoms with E-state index >= 15 is 0 Å². The zero-order chi connectivity index (χ0) is 15.5. The van der Waals surface area contributed by atoms with Crippen LogP contribution in [-0.4, -0.2) is 20.9 Å². The average molecular weight is 292 g/mol. The van der Waals surface area contributed by atoms with E-state index in [0.717, 1.165) is 16.6 Å². The fourth-order valence-electron chi connectivity index (χ4n) is 2.25. The molecule has 0 fully saturated rings. The van der Waals surface area contributed by atoms with E-state index in [0.29, 0.717) is 11.4 Å². The third-order valence-electron chi connectivity index (χ3n) is 3.41. The van der Waals surface area contributed by atoms with Gasteiger partial charge in [0, 0.05) is 29.0 Å². The standard InChI is InChI=1S/C17H16N4O/c1-11-4-5-13-10-14(6-7-15(13)20-11)17(22)21-12(2)16-18-8-3-9-19-16/h3-10,12H,1-2H3,(H,21,22)/t12-/m1/s1. The van der Waals surface area contributed by atoms with Gasteiger partial charge in [0.05, 0.1) is 11.6 Å². The third-order valence-corrected chi connectivity index (χ3v) is 3.41. The molecule has 0 aliphatic rings. The molecule has 2 heterocycles. The lowest BCUT2D eigenvalue weighted by Gasteiger charge is -2.12. The monoisotopic (exact) mass is 292 g/mol. The number of rotatable bonds is 3. The van der Waals surface area contributed by atoms with Crippen LogP contribution in [0.4, 0.5) is 0 Å². The van der Waals surface area contributed by atoms with Gasteiger partial charge in [-0.2, -0.15) is 0 Å². The molecule has 1 amide bonds. The van der Waals surface area contributed by atoms with Gasteiger partial charge in [0.15, 0.2) is 0 Å². The first-order chi connectivity index (χ1) is 10.6. The molecule has 1 aromatic carbocycles. The van der Waals surface area contributed by atoms with Gasteiger partial charge in [0.25, 0.3) is 5.91 Å². The molecule has 0 saturated carbocycles. The molecule has 5 heteroatoms. The number of fused-ring (bicyclic) bond motifs is 1. The lowest BCUT2D eigenvalue weighted by molar-refractivity contribution is 0.0938. The molecule has 5 nitrogen and oxygen atoms in total. The summed E-state index contributed by atoms with van der Waals surface area (Å²) in [6, 6.07) is 10.9. The first kappa shape index (κ1) is 14.1. The Morgan fingerprint density at radius 2 is 1.91 bits per heavy atom. The van der Waals surface area contributed by atoms with E-state index in [-0.39, 0.29) is 11.9 Å². The van der Waals surface area contributed by atoms with Gasteiger partial charge in [-0.05, 0) is 44.2 Å². The quantitative estimate of drug-likeness (QED) is 0.806. The molecule has 1 atom stereocenters. The van der Waals surface area contributed by atoms with E-state index < -0.39 is 0 Å². The summed E-state index contributed by atoms with van der Waals surface area (Å²) in [7, 11) is 0. The predicted octanol–water partition coefficient (Wildman–Crippen LogP) is 2.82. The van der Waals surface area contributed by atoms with Crippen LogP contribution >= 0.6 is 0 Å². The summed E-state index contributed by atoms with van der Waals surface area (Å²) in [5.41, 5.74) is 2.44. The fraction of sp³-hybridized carbons (Fsp3) is 0.176. The molecule has 3 rings (SSSR count). The molecule has 2 aromatic heterocycles. The summed E-state index contributed by atoms with van der Waals surface area (Å²) >= 11 is 0. The normalized spacial score (nSPS) is 12.1. The van der Waals surface area contributed by atoms with E-state index in [9.17, 15) is 4.79 Å². The molecule has 3 aromatic rings. The number of carbonyl (C=O) groups is 1. The van der Waals surface area contributed by atoms with Crippen LogP contribution in [0.15, 0.2) is 48.8 Å². The molecule has 0 spiro atoms. The number of benzene rings is 1. The Hall–Kier alpha value is -2.82. The van der Waals surface area contributed by atoms with E-state index in [4.69, 9.17) is 0 Å². The maximum atomic E-state index is 12.4. The highest BCUT2D eigenvalue weighted by atomic mass is 16.1. The Morgan fingerprint density at radius 1 is 1.14 bits per heavy atom. The van der Waals surface area contributed by atoms with Crippen LogP contribution in [0.3, 0.4) is 0 Å². The summed E-state index contributed by atoms with van der Waals surface area (Å²) < 4.78 is 0. The summed E-state index contributed by atoms with van der Waals surface area (Å²) in [6.45, 7) is 3.81. The van der Waals surface area contributed by atoms with Crippen LogP contribution in [0.5, 0.6) is 0 Å². The second kappa shape index (κ2) is 5.89. The molecule has 0 radical (unpaired) electrons. The van der Waals surface area contributed by atoms with Crippen molar-refractivity contribution < 1.29 is 4.79 Å². The van der Waals surface area contributed by atoms with Gasteiger partial charge >= 0.3 is 0 Å². The molecule has 0 aliphatic heterocycles. The zero-order valence-electron chi connectivity index (χ0n) is 12.4. The highest BCUT2D eigenvalue weighted by Crippen LogP contribution is 2.15. The smallest absolute Gasteiger partial charge is 0.251 e. The fourth-order valence-corrected chi connectivity index (χ4v) is 2.25. The number of nitrogens with one attached hydrogen (secondary N) is 1. The largest absolute Gasteiger partial charge is 0.342 e. The van der Waals surface area contributed by atoms with Gasteiger partial charge in [-0.3, -0.25) is 9.78 Å². The third kappa shape index (κ3) is 2.93. The van der Waals surface area contributed by atoms with Crippen LogP contribution in [0.1, 0.15) is 34.8 Å².